The van der Waals surface area contributed by atoms with Crippen LogP contribution in [-0.2, 0) is 9.59 Å². The molecule has 0 saturated heterocycles. The van der Waals surface area contributed by atoms with E-state index in [9.17, 15) is 9.59 Å². The molecule has 5 nitrogen and oxygen atoms in total. The van der Waals surface area contributed by atoms with E-state index in [2.05, 4.69) is 5.32 Å². The van der Waals surface area contributed by atoms with Crippen LogP contribution in [0.25, 0.3) is 0 Å². The van der Waals surface area contributed by atoms with Gasteiger partial charge in [0, 0.05) is 19.0 Å². The van der Waals surface area contributed by atoms with Crippen molar-refractivity contribution in [2.24, 2.45) is 16.6 Å². The van der Waals surface area contributed by atoms with Crippen molar-refractivity contribution in [3.05, 3.63) is 0 Å². The lowest BCUT2D eigenvalue weighted by molar-refractivity contribution is -0.138. The summed E-state index contributed by atoms with van der Waals surface area (Å²) in [6, 6.07) is -0.523. The first-order chi connectivity index (χ1) is 8.40. The van der Waals surface area contributed by atoms with Gasteiger partial charge in [-0.05, 0) is 18.9 Å². The van der Waals surface area contributed by atoms with Gasteiger partial charge in [-0.25, -0.2) is 0 Å². The van der Waals surface area contributed by atoms with Gasteiger partial charge in [0.25, 0.3) is 0 Å². The van der Waals surface area contributed by atoms with Gasteiger partial charge in [-0.2, -0.15) is 0 Å². The minimum Gasteiger partial charge on any atom is -0.344 e. The van der Waals surface area contributed by atoms with E-state index in [4.69, 9.17) is 5.73 Å². The second kappa shape index (κ2) is 6.37. The molecule has 0 heterocycles. The fraction of sp³-hybridized carbons (Fsp3) is 0.857. The third kappa shape index (κ3) is 6.05. The lowest BCUT2D eigenvalue weighted by Crippen LogP contribution is -2.50. The Bertz CT molecular complexity index is 332. The summed E-state index contributed by atoms with van der Waals surface area (Å²) in [6.45, 7) is 12.3. The van der Waals surface area contributed by atoms with E-state index in [0.717, 1.165) is 0 Å². The number of nitrogens with zero attached hydrogens (tertiary/aromatic N) is 1. The first kappa shape index (κ1) is 17.9. The van der Waals surface area contributed by atoms with Crippen molar-refractivity contribution >= 4 is 11.8 Å². The number of amides is 2. The molecule has 112 valence electrons. The van der Waals surface area contributed by atoms with Crippen LogP contribution in [-0.4, -0.2) is 42.9 Å². The molecule has 2 amide bonds. The van der Waals surface area contributed by atoms with Crippen LogP contribution < -0.4 is 11.1 Å². The molecule has 0 radical (unpaired) electrons. The Balaban J connectivity index is 4.54. The Morgan fingerprint density at radius 2 is 1.68 bits per heavy atom. The summed E-state index contributed by atoms with van der Waals surface area (Å²) in [5.41, 5.74) is 5.04. The predicted octanol–water partition coefficient (Wildman–Crippen LogP) is 0.981. The lowest BCUT2D eigenvalue weighted by atomic mass is 9.93. The number of hydrogen-bond donors (Lipinski definition) is 2. The first-order valence-electron chi connectivity index (χ1n) is 6.67. The van der Waals surface area contributed by atoms with Gasteiger partial charge in [0.15, 0.2) is 0 Å². The van der Waals surface area contributed by atoms with Gasteiger partial charge in [-0.15, -0.1) is 0 Å². The van der Waals surface area contributed by atoms with Crippen LogP contribution in [0.3, 0.4) is 0 Å². The van der Waals surface area contributed by atoms with Crippen LogP contribution in [0.15, 0.2) is 0 Å². The predicted molar refractivity (Wildman–Crippen MR) is 77.5 cm³/mol. The van der Waals surface area contributed by atoms with Gasteiger partial charge in [0.05, 0.1) is 0 Å². The highest BCUT2D eigenvalue weighted by Crippen LogP contribution is 2.15. The molecule has 1 unspecified atom stereocenters. The Morgan fingerprint density at radius 3 is 2.05 bits per heavy atom. The molecule has 0 fully saturated rings. The maximum Gasteiger partial charge on any atom is 0.244 e. The smallest absolute Gasteiger partial charge is 0.244 e. The SMILES string of the molecule is CC(NC(=O)C(C)(C)C)C(=O)N(C)CC(C)(C)CN. The first-order valence-corrected chi connectivity index (χ1v) is 6.67. The third-order valence-electron chi connectivity index (χ3n) is 2.99. The average molecular weight is 271 g/mol. The summed E-state index contributed by atoms with van der Waals surface area (Å²) in [7, 11) is 1.74. The summed E-state index contributed by atoms with van der Waals surface area (Å²) < 4.78 is 0. The molecule has 0 bridgehead atoms. The van der Waals surface area contributed by atoms with Gasteiger partial charge in [0.2, 0.25) is 11.8 Å². The molecule has 0 aliphatic rings. The van der Waals surface area contributed by atoms with Gasteiger partial charge in [-0.3, -0.25) is 9.59 Å². The number of carbonyl (C=O) groups excluding carboxylic acids is 2. The van der Waals surface area contributed by atoms with Crippen LogP contribution in [0.1, 0.15) is 41.5 Å². The van der Waals surface area contributed by atoms with Crippen LogP contribution >= 0.6 is 0 Å². The summed E-state index contributed by atoms with van der Waals surface area (Å²) in [5, 5.41) is 2.74. The van der Waals surface area contributed by atoms with E-state index < -0.39 is 11.5 Å². The van der Waals surface area contributed by atoms with E-state index in [1.165, 1.54) is 0 Å². The average Bonchev–Trinajstić information content (AvgIpc) is 2.25. The molecular weight excluding hydrogens is 242 g/mol. The zero-order valence-electron chi connectivity index (χ0n) is 13.3. The summed E-state index contributed by atoms with van der Waals surface area (Å²) in [5.74, 6) is -0.223. The molecule has 0 saturated carbocycles. The molecule has 0 spiro atoms. The molecule has 0 aromatic heterocycles. The third-order valence-corrected chi connectivity index (χ3v) is 2.99. The highest BCUT2D eigenvalue weighted by Gasteiger charge is 2.28. The van der Waals surface area contributed by atoms with Crippen molar-refractivity contribution in [2.45, 2.75) is 47.6 Å². The van der Waals surface area contributed by atoms with E-state index in [-0.39, 0.29) is 17.2 Å². The van der Waals surface area contributed by atoms with Crippen LogP contribution in [0.5, 0.6) is 0 Å². The molecule has 5 heteroatoms. The normalized spacial score (nSPS) is 13.9. The minimum absolute atomic E-state index is 0.0980. The van der Waals surface area contributed by atoms with Crippen molar-refractivity contribution in [1.29, 1.82) is 0 Å². The second-order valence-electron chi connectivity index (χ2n) is 7.01. The number of carbonyl (C=O) groups is 2. The fourth-order valence-electron chi connectivity index (χ4n) is 1.59. The van der Waals surface area contributed by atoms with Gasteiger partial charge in [-0.1, -0.05) is 34.6 Å². The molecule has 19 heavy (non-hydrogen) atoms. The molecular formula is C14H29N3O2. The van der Waals surface area contributed by atoms with Crippen LogP contribution in [0.4, 0.5) is 0 Å². The number of nitrogens with one attached hydrogen (secondary N) is 1. The Kier molecular flexibility index (Phi) is 6.00. The maximum absolute atomic E-state index is 12.2. The van der Waals surface area contributed by atoms with Gasteiger partial charge < -0.3 is 16.0 Å². The molecule has 3 N–H and O–H groups in total. The summed E-state index contributed by atoms with van der Waals surface area (Å²) in [6.07, 6.45) is 0. The number of rotatable bonds is 5. The topological polar surface area (TPSA) is 75.4 Å². The minimum atomic E-state index is -0.523. The van der Waals surface area contributed by atoms with Crippen molar-refractivity contribution in [1.82, 2.24) is 10.2 Å². The Hall–Kier alpha value is -1.10. The number of nitrogens with two attached hydrogens (primary N) is 1. The summed E-state index contributed by atoms with van der Waals surface area (Å²) >= 11 is 0. The van der Waals surface area contributed by atoms with E-state index in [0.29, 0.717) is 13.1 Å². The molecule has 0 aromatic rings. The van der Waals surface area contributed by atoms with Crippen molar-refractivity contribution in [3.8, 4) is 0 Å². The molecule has 0 rings (SSSR count). The molecule has 0 aliphatic carbocycles. The zero-order chi connectivity index (χ0) is 15.4. The fourth-order valence-corrected chi connectivity index (χ4v) is 1.59. The maximum atomic E-state index is 12.2. The van der Waals surface area contributed by atoms with E-state index in [1.54, 1.807) is 18.9 Å². The van der Waals surface area contributed by atoms with Crippen molar-refractivity contribution < 1.29 is 9.59 Å². The van der Waals surface area contributed by atoms with Crippen molar-refractivity contribution in [2.75, 3.05) is 20.1 Å². The largest absolute Gasteiger partial charge is 0.344 e. The highest BCUT2D eigenvalue weighted by atomic mass is 16.2. The number of hydrogen-bond acceptors (Lipinski definition) is 3. The van der Waals surface area contributed by atoms with E-state index in [1.807, 2.05) is 34.6 Å². The van der Waals surface area contributed by atoms with Gasteiger partial charge in [0.1, 0.15) is 6.04 Å². The second-order valence-corrected chi connectivity index (χ2v) is 7.01. The molecule has 0 aliphatic heterocycles. The highest BCUT2D eigenvalue weighted by molar-refractivity contribution is 5.89. The zero-order valence-corrected chi connectivity index (χ0v) is 13.3. The number of likely N-dealkylation sites (N-methyl/N-ethyl adjacent to an activating group) is 1. The Morgan fingerprint density at radius 1 is 1.21 bits per heavy atom. The van der Waals surface area contributed by atoms with Crippen LogP contribution in [0.2, 0.25) is 0 Å². The Labute approximate surface area is 116 Å². The quantitative estimate of drug-likeness (QED) is 0.782. The monoisotopic (exact) mass is 271 g/mol. The molecule has 1 atom stereocenters. The van der Waals surface area contributed by atoms with E-state index >= 15 is 0 Å². The molecule has 0 aromatic carbocycles. The standard InChI is InChI=1S/C14H29N3O2/c1-10(16-12(19)13(2,3)4)11(18)17(7)9-14(5,6)8-15/h10H,8-9,15H2,1-7H3,(H,16,19). The lowest BCUT2D eigenvalue weighted by Gasteiger charge is -2.31. The van der Waals surface area contributed by atoms with Gasteiger partial charge >= 0.3 is 0 Å². The summed E-state index contributed by atoms with van der Waals surface area (Å²) in [4.78, 5) is 25.6. The van der Waals surface area contributed by atoms with Crippen LogP contribution in [0, 0.1) is 10.8 Å². The van der Waals surface area contributed by atoms with Crippen molar-refractivity contribution in [3.63, 3.8) is 0 Å².